The molecule has 32 heavy (non-hydrogen) atoms. The van der Waals surface area contributed by atoms with E-state index in [1.54, 1.807) is 0 Å². The number of nitrogens with one attached hydrogen (secondary N) is 1. The van der Waals surface area contributed by atoms with Crippen LogP contribution >= 0.6 is 0 Å². The third-order valence-electron chi connectivity index (χ3n) is 6.61. The molecule has 2 aromatic heterocycles. The van der Waals surface area contributed by atoms with Crippen molar-refractivity contribution in [1.82, 2.24) is 30.1 Å². The molecule has 1 N–H and O–H groups in total. The molecular weight excluding hydrogens is 400 g/mol. The van der Waals surface area contributed by atoms with Crippen LogP contribution in [0.2, 0.25) is 0 Å². The van der Waals surface area contributed by atoms with E-state index in [2.05, 4.69) is 79.1 Å². The molecule has 0 radical (unpaired) electrons. The number of fused-ring (bicyclic) bond motifs is 1. The maximum Gasteiger partial charge on any atom is 0.252 e. The second kappa shape index (κ2) is 8.77. The Hall–Kier alpha value is -2.54. The lowest BCUT2D eigenvalue weighted by molar-refractivity contribution is 0.0802. The van der Waals surface area contributed by atoms with Crippen molar-refractivity contribution in [3.8, 4) is 0 Å². The van der Waals surface area contributed by atoms with Crippen molar-refractivity contribution in [3.63, 3.8) is 0 Å². The first-order valence-corrected chi connectivity index (χ1v) is 11.8. The molecule has 0 saturated heterocycles. The van der Waals surface area contributed by atoms with Gasteiger partial charge >= 0.3 is 0 Å². The summed E-state index contributed by atoms with van der Waals surface area (Å²) < 4.78 is 1.95. The van der Waals surface area contributed by atoms with Crippen molar-refractivity contribution in [2.75, 3.05) is 0 Å². The van der Waals surface area contributed by atoms with Gasteiger partial charge in [-0.05, 0) is 80.5 Å². The Morgan fingerprint density at radius 3 is 2.56 bits per heavy atom. The van der Waals surface area contributed by atoms with Gasteiger partial charge in [0, 0.05) is 23.7 Å². The minimum Gasteiger partial charge on any atom is -0.322 e. The van der Waals surface area contributed by atoms with E-state index < -0.39 is 0 Å². The molecule has 7 heteroatoms. The van der Waals surface area contributed by atoms with Gasteiger partial charge in [0.1, 0.15) is 0 Å². The Labute approximate surface area is 190 Å². The first-order chi connectivity index (χ1) is 15.1. The van der Waals surface area contributed by atoms with E-state index in [1.807, 2.05) is 16.8 Å². The van der Waals surface area contributed by atoms with E-state index in [1.165, 1.54) is 18.4 Å². The number of aromatic amines is 1. The summed E-state index contributed by atoms with van der Waals surface area (Å²) in [6, 6.07) is 8.66. The molecule has 2 heterocycles. The zero-order valence-electron chi connectivity index (χ0n) is 20.2. The molecule has 0 spiro atoms. The Kier molecular flexibility index (Phi) is 6.21. The molecule has 0 aliphatic heterocycles. The summed E-state index contributed by atoms with van der Waals surface area (Å²) in [6.07, 6.45) is 4.74. The fourth-order valence-electron chi connectivity index (χ4n) is 5.06. The summed E-state index contributed by atoms with van der Waals surface area (Å²) in [5.74, 6) is 1.18. The van der Waals surface area contributed by atoms with Crippen molar-refractivity contribution in [3.05, 3.63) is 51.6 Å². The van der Waals surface area contributed by atoms with Crippen molar-refractivity contribution < 1.29 is 0 Å². The van der Waals surface area contributed by atoms with Gasteiger partial charge in [0.05, 0.1) is 11.6 Å². The van der Waals surface area contributed by atoms with Crippen LogP contribution in [0, 0.1) is 12.8 Å². The van der Waals surface area contributed by atoms with Gasteiger partial charge in [-0.1, -0.05) is 38.3 Å². The maximum absolute atomic E-state index is 13.0. The third kappa shape index (κ3) is 4.49. The average Bonchev–Trinajstić information content (AvgIpc) is 3.39. The number of pyridine rings is 1. The lowest BCUT2D eigenvalue weighted by atomic mass is 9.96. The minimum absolute atomic E-state index is 0.0118. The summed E-state index contributed by atoms with van der Waals surface area (Å²) in [5.41, 5.74) is 2.64. The predicted molar refractivity (Wildman–Crippen MR) is 127 cm³/mol. The summed E-state index contributed by atoms with van der Waals surface area (Å²) in [6.45, 7) is 13.5. The van der Waals surface area contributed by atoms with Crippen molar-refractivity contribution in [2.24, 2.45) is 5.92 Å². The smallest absolute Gasteiger partial charge is 0.252 e. The first-order valence-electron chi connectivity index (χ1n) is 11.8. The SMILES string of the molecule is Cc1ccc2[nH]c(=O)c(CN(C3CCCC3)[C@@H](c3nnnn3C(C)(C)C)C(C)C)cc2c1. The molecule has 3 aromatic rings. The van der Waals surface area contributed by atoms with E-state index in [-0.39, 0.29) is 17.1 Å². The molecule has 1 aliphatic rings. The second-order valence-electron chi connectivity index (χ2n) is 10.6. The van der Waals surface area contributed by atoms with E-state index >= 15 is 0 Å². The largest absolute Gasteiger partial charge is 0.322 e. The summed E-state index contributed by atoms with van der Waals surface area (Å²) >= 11 is 0. The van der Waals surface area contributed by atoms with Crippen LogP contribution in [0.1, 0.15) is 83.3 Å². The number of rotatable bonds is 6. The van der Waals surface area contributed by atoms with Crippen molar-refractivity contribution in [2.45, 2.75) is 91.4 Å². The lowest BCUT2D eigenvalue weighted by Gasteiger charge is -2.39. The van der Waals surface area contributed by atoms with Gasteiger partial charge < -0.3 is 4.98 Å². The zero-order chi connectivity index (χ0) is 23.0. The summed E-state index contributed by atoms with van der Waals surface area (Å²) in [4.78, 5) is 18.6. The van der Waals surface area contributed by atoms with Crippen LogP contribution in [0.5, 0.6) is 0 Å². The quantitative estimate of drug-likeness (QED) is 0.605. The van der Waals surface area contributed by atoms with Crippen LogP contribution in [-0.4, -0.2) is 36.1 Å². The van der Waals surface area contributed by atoms with Crippen LogP contribution in [0.15, 0.2) is 29.1 Å². The highest BCUT2D eigenvalue weighted by atomic mass is 16.1. The second-order valence-corrected chi connectivity index (χ2v) is 10.6. The molecule has 0 bridgehead atoms. The first kappa shape index (κ1) is 22.6. The topological polar surface area (TPSA) is 79.7 Å². The molecule has 1 saturated carbocycles. The number of aryl methyl sites for hydroxylation is 1. The molecule has 0 amide bonds. The third-order valence-corrected chi connectivity index (χ3v) is 6.61. The van der Waals surface area contributed by atoms with E-state index in [9.17, 15) is 4.79 Å². The van der Waals surface area contributed by atoms with Gasteiger partial charge in [0.2, 0.25) is 0 Å². The highest BCUT2D eigenvalue weighted by molar-refractivity contribution is 5.79. The van der Waals surface area contributed by atoms with E-state index in [0.29, 0.717) is 18.5 Å². The fourth-order valence-corrected chi connectivity index (χ4v) is 5.06. The van der Waals surface area contributed by atoms with E-state index in [4.69, 9.17) is 0 Å². The summed E-state index contributed by atoms with van der Waals surface area (Å²) in [5, 5.41) is 14.0. The number of aromatic nitrogens is 5. The maximum atomic E-state index is 13.0. The number of hydrogen-bond donors (Lipinski definition) is 1. The molecule has 7 nitrogen and oxygen atoms in total. The molecule has 1 aromatic carbocycles. The van der Waals surface area contributed by atoms with Crippen LogP contribution < -0.4 is 5.56 Å². The highest BCUT2D eigenvalue weighted by Gasteiger charge is 2.37. The molecule has 0 unspecified atom stereocenters. The Bertz CT molecular complexity index is 1130. The number of tetrazole rings is 1. The van der Waals surface area contributed by atoms with Crippen LogP contribution in [0.4, 0.5) is 0 Å². The van der Waals surface area contributed by atoms with Gasteiger partial charge in [-0.15, -0.1) is 5.10 Å². The van der Waals surface area contributed by atoms with Gasteiger partial charge in [-0.3, -0.25) is 9.69 Å². The highest BCUT2D eigenvalue weighted by Crippen LogP contribution is 2.36. The van der Waals surface area contributed by atoms with Crippen LogP contribution in [-0.2, 0) is 12.1 Å². The van der Waals surface area contributed by atoms with Crippen LogP contribution in [0.3, 0.4) is 0 Å². The number of H-pyrrole nitrogens is 1. The Morgan fingerprint density at radius 1 is 1.19 bits per heavy atom. The monoisotopic (exact) mass is 436 g/mol. The number of hydrogen-bond acceptors (Lipinski definition) is 5. The predicted octanol–water partition coefficient (Wildman–Crippen LogP) is 4.72. The Balaban J connectivity index is 1.79. The number of benzene rings is 1. The summed E-state index contributed by atoms with van der Waals surface area (Å²) in [7, 11) is 0. The average molecular weight is 437 g/mol. The van der Waals surface area contributed by atoms with Crippen molar-refractivity contribution >= 4 is 10.9 Å². The van der Waals surface area contributed by atoms with Crippen LogP contribution in [0.25, 0.3) is 10.9 Å². The molecule has 1 aliphatic carbocycles. The normalized spacial score (nSPS) is 16.5. The van der Waals surface area contributed by atoms with Gasteiger partial charge in [-0.25, -0.2) is 4.68 Å². The van der Waals surface area contributed by atoms with Crippen molar-refractivity contribution in [1.29, 1.82) is 0 Å². The fraction of sp³-hybridized carbons (Fsp3) is 0.600. The van der Waals surface area contributed by atoms with Gasteiger partial charge in [-0.2, -0.15) is 0 Å². The standard InChI is InChI=1S/C25H36N6O/c1-16(2)22(23-27-28-29-31(23)25(4,5)6)30(20-9-7-8-10-20)15-19-14-18-13-17(3)11-12-21(18)26-24(19)32/h11-14,16,20,22H,7-10,15H2,1-6H3,(H,26,32)/t22-/m1/s1. The molecular formula is C25H36N6O. The number of nitrogens with zero attached hydrogens (tertiary/aromatic N) is 5. The molecule has 1 atom stereocenters. The minimum atomic E-state index is -0.217. The van der Waals surface area contributed by atoms with Gasteiger partial charge in [0.15, 0.2) is 5.82 Å². The van der Waals surface area contributed by atoms with Gasteiger partial charge in [0.25, 0.3) is 5.56 Å². The van der Waals surface area contributed by atoms with E-state index in [0.717, 1.165) is 35.1 Å². The molecule has 172 valence electrons. The Morgan fingerprint density at radius 2 is 1.91 bits per heavy atom. The molecule has 1 fully saturated rings. The molecule has 4 rings (SSSR count). The lowest BCUT2D eigenvalue weighted by Crippen LogP contribution is -2.42. The zero-order valence-corrected chi connectivity index (χ0v) is 20.2.